The standard InChI is InChI=1S/C20H22ClF2N3O2/c1-4-26(11-18(27)25-19-15(22)6-5-7-16(19)23)13(3)20(28)24-17-10-14(21)9-8-12(17)2/h5-10,13H,4,11H2,1-3H3,(H,24,28)(H,25,27). The van der Waals surface area contributed by atoms with Gasteiger partial charge in [-0.2, -0.15) is 0 Å². The molecule has 8 heteroatoms. The number of carbonyl (C=O) groups excluding carboxylic acids is 2. The second kappa shape index (κ2) is 9.61. The lowest BCUT2D eigenvalue weighted by molar-refractivity contribution is -0.123. The number of halogens is 3. The van der Waals surface area contributed by atoms with Crippen molar-refractivity contribution < 1.29 is 18.4 Å². The number of benzene rings is 2. The van der Waals surface area contributed by atoms with E-state index in [4.69, 9.17) is 11.6 Å². The van der Waals surface area contributed by atoms with Gasteiger partial charge in [0.1, 0.15) is 17.3 Å². The number of aryl methyl sites for hydroxylation is 1. The summed E-state index contributed by atoms with van der Waals surface area (Å²) in [6.07, 6.45) is 0. The number of hydrogen-bond donors (Lipinski definition) is 2. The number of rotatable bonds is 7. The van der Waals surface area contributed by atoms with Crippen LogP contribution in [-0.2, 0) is 9.59 Å². The fraction of sp³-hybridized carbons (Fsp3) is 0.300. The number of amides is 2. The molecule has 2 aromatic rings. The molecule has 0 fully saturated rings. The molecule has 0 heterocycles. The number of carbonyl (C=O) groups is 2. The molecule has 0 aliphatic heterocycles. The zero-order valence-electron chi connectivity index (χ0n) is 15.9. The van der Waals surface area contributed by atoms with Gasteiger partial charge in [-0.25, -0.2) is 8.78 Å². The van der Waals surface area contributed by atoms with Crippen LogP contribution in [0.4, 0.5) is 20.2 Å². The molecule has 2 aromatic carbocycles. The Kier molecular flexibility index (Phi) is 7.48. The highest BCUT2D eigenvalue weighted by Crippen LogP contribution is 2.21. The Morgan fingerprint density at radius 2 is 1.79 bits per heavy atom. The molecule has 2 N–H and O–H groups in total. The van der Waals surface area contributed by atoms with Crippen LogP contribution in [0.1, 0.15) is 19.4 Å². The fourth-order valence-electron chi connectivity index (χ4n) is 2.64. The minimum atomic E-state index is -0.862. The Hall–Kier alpha value is -2.51. The van der Waals surface area contributed by atoms with E-state index in [0.29, 0.717) is 17.3 Å². The first-order valence-electron chi connectivity index (χ1n) is 8.77. The summed E-state index contributed by atoms with van der Waals surface area (Å²) in [5.74, 6) is -2.67. The molecule has 0 aliphatic carbocycles. The number of para-hydroxylation sites is 1. The molecular formula is C20H22ClF2N3O2. The van der Waals surface area contributed by atoms with Gasteiger partial charge in [-0.15, -0.1) is 0 Å². The smallest absolute Gasteiger partial charge is 0.241 e. The van der Waals surface area contributed by atoms with Gasteiger partial charge in [0.15, 0.2) is 0 Å². The largest absolute Gasteiger partial charge is 0.324 e. The van der Waals surface area contributed by atoms with Gasteiger partial charge in [0.2, 0.25) is 11.8 Å². The maximum absolute atomic E-state index is 13.7. The van der Waals surface area contributed by atoms with Gasteiger partial charge < -0.3 is 10.6 Å². The summed E-state index contributed by atoms with van der Waals surface area (Å²) >= 11 is 5.97. The minimum Gasteiger partial charge on any atom is -0.324 e. The van der Waals surface area contributed by atoms with Crippen LogP contribution in [0.2, 0.25) is 5.02 Å². The Labute approximate surface area is 167 Å². The van der Waals surface area contributed by atoms with Crippen molar-refractivity contribution in [1.29, 1.82) is 0 Å². The summed E-state index contributed by atoms with van der Waals surface area (Å²) in [7, 11) is 0. The molecule has 0 bridgehead atoms. The quantitative estimate of drug-likeness (QED) is 0.720. The van der Waals surface area contributed by atoms with Crippen LogP contribution in [0.3, 0.4) is 0 Å². The van der Waals surface area contributed by atoms with Crippen molar-refractivity contribution in [2.45, 2.75) is 26.8 Å². The van der Waals surface area contributed by atoms with E-state index in [1.54, 1.807) is 36.9 Å². The van der Waals surface area contributed by atoms with Crippen molar-refractivity contribution in [1.82, 2.24) is 4.90 Å². The zero-order chi connectivity index (χ0) is 20.8. The van der Waals surface area contributed by atoms with E-state index < -0.39 is 29.3 Å². The first-order chi connectivity index (χ1) is 13.2. The lowest BCUT2D eigenvalue weighted by Crippen LogP contribution is -2.45. The highest BCUT2D eigenvalue weighted by molar-refractivity contribution is 6.31. The van der Waals surface area contributed by atoms with E-state index >= 15 is 0 Å². The predicted molar refractivity (Wildman–Crippen MR) is 107 cm³/mol. The van der Waals surface area contributed by atoms with Gasteiger partial charge in [-0.1, -0.05) is 30.7 Å². The van der Waals surface area contributed by atoms with Crippen molar-refractivity contribution in [2.75, 3.05) is 23.7 Å². The van der Waals surface area contributed by atoms with Gasteiger partial charge in [-0.3, -0.25) is 14.5 Å². The Morgan fingerprint density at radius 1 is 1.14 bits per heavy atom. The zero-order valence-corrected chi connectivity index (χ0v) is 16.6. The molecule has 0 aliphatic rings. The molecule has 0 radical (unpaired) electrons. The molecule has 150 valence electrons. The SMILES string of the molecule is CCN(CC(=O)Nc1c(F)cccc1F)C(C)C(=O)Nc1cc(Cl)ccc1C. The van der Waals surface area contributed by atoms with Crippen molar-refractivity contribution in [3.8, 4) is 0 Å². The number of likely N-dealkylation sites (N-methyl/N-ethyl adjacent to an activating group) is 1. The number of nitrogens with zero attached hydrogens (tertiary/aromatic N) is 1. The predicted octanol–water partition coefficient (Wildman–Crippen LogP) is 4.21. The highest BCUT2D eigenvalue weighted by Gasteiger charge is 2.23. The van der Waals surface area contributed by atoms with Gasteiger partial charge >= 0.3 is 0 Å². The summed E-state index contributed by atoms with van der Waals surface area (Å²) in [4.78, 5) is 26.4. The van der Waals surface area contributed by atoms with E-state index in [1.807, 2.05) is 6.92 Å². The number of anilines is 2. The average molecular weight is 410 g/mol. The second-order valence-corrected chi connectivity index (χ2v) is 6.77. The summed E-state index contributed by atoms with van der Waals surface area (Å²) < 4.78 is 27.4. The minimum absolute atomic E-state index is 0.201. The van der Waals surface area contributed by atoms with Crippen LogP contribution in [0.15, 0.2) is 36.4 Å². The molecule has 28 heavy (non-hydrogen) atoms. The third kappa shape index (κ3) is 5.50. The first kappa shape index (κ1) is 21.8. The van der Waals surface area contributed by atoms with Crippen LogP contribution in [0.5, 0.6) is 0 Å². The fourth-order valence-corrected chi connectivity index (χ4v) is 2.81. The average Bonchev–Trinajstić information content (AvgIpc) is 2.65. The Morgan fingerprint density at radius 3 is 2.39 bits per heavy atom. The second-order valence-electron chi connectivity index (χ2n) is 6.33. The lowest BCUT2D eigenvalue weighted by atomic mass is 10.2. The third-order valence-corrected chi connectivity index (χ3v) is 4.60. The van der Waals surface area contributed by atoms with Crippen LogP contribution in [0.25, 0.3) is 0 Å². The van der Waals surface area contributed by atoms with Crippen LogP contribution in [-0.4, -0.2) is 35.8 Å². The van der Waals surface area contributed by atoms with E-state index in [1.165, 1.54) is 6.07 Å². The summed E-state index contributed by atoms with van der Waals surface area (Å²) in [5, 5.41) is 5.51. The Bertz CT molecular complexity index is 856. The van der Waals surface area contributed by atoms with E-state index in [0.717, 1.165) is 17.7 Å². The molecule has 0 aromatic heterocycles. The van der Waals surface area contributed by atoms with Gasteiger partial charge in [-0.05, 0) is 50.2 Å². The van der Waals surface area contributed by atoms with Crippen LogP contribution in [0, 0.1) is 18.6 Å². The normalized spacial score (nSPS) is 12.0. The van der Waals surface area contributed by atoms with Crippen molar-refractivity contribution in [3.05, 3.63) is 58.6 Å². The molecule has 0 saturated carbocycles. The first-order valence-corrected chi connectivity index (χ1v) is 9.15. The Balaban J connectivity index is 2.04. The van der Waals surface area contributed by atoms with Gasteiger partial charge in [0, 0.05) is 10.7 Å². The van der Waals surface area contributed by atoms with E-state index in [9.17, 15) is 18.4 Å². The molecule has 1 unspecified atom stereocenters. The molecule has 2 amide bonds. The molecule has 0 saturated heterocycles. The molecule has 0 spiro atoms. The van der Waals surface area contributed by atoms with Crippen molar-refractivity contribution >= 4 is 34.8 Å². The van der Waals surface area contributed by atoms with E-state index in [2.05, 4.69) is 10.6 Å². The van der Waals surface area contributed by atoms with E-state index in [-0.39, 0.29) is 12.5 Å². The molecular weight excluding hydrogens is 388 g/mol. The van der Waals surface area contributed by atoms with Crippen molar-refractivity contribution in [3.63, 3.8) is 0 Å². The number of nitrogens with one attached hydrogen (secondary N) is 2. The van der Waals surface area contributed by atoms with Crippen LogP contribution >= 0.6 is 11.6 Å². The highest BCUT2D eigenvalue weighted by atomic mass is 35.5. The molecule has 2 rings (SSSR count). The van der Waals surface area contributed by atoms with Gasteiger partial charge in [0.05, 0.1) is 12.6 Å². The molecule has 1 atom stereocenters. The number of hydrogen-bond acceptors (Lipinski definition) is 3. The third-order valence-electron chi connectivity index (χ3n) is 4.36. The molecule has 5 nitrogen and oxygen atoms in total. The van der Waals surface area contributed by atoms with Gasteiger partial charge in [0.25, 0.3) is 0 Å². The summed E-state index contributed by atoms with van der Waals surface area (Å²) in [6.45, 7) is 5.45. The monoisotopic (exact) mass is 409 g/mol. The maximum atomic E-state index is 13.7. The van der Waals surface area contributed by atoms with Crippen LogP contribution < -0.4 is 10.6 Å². The van der Waals surface area contributed by atoms with Crippen molar-refractivity contribution in [2.24, 2.45) is 0 Å². The summed E-state index contributed by atoms with van der Waals surface area (Å²) in [5.41, 5.74) is 0.925. The topological polar surface area (TPSA) is 61.4 Å². The maximum Gasteiger partial charge on any atom is 0.241 e. The lowest BCUT2D eigenvalue weighted by Gasteiger charge is -2.26. The summed E-state index contributed by atoms with van der Waals surface area (Å²) in [6, 6.07) is 7.82.